The van der Waals surface area contributed by atoms with Crippen molar-refractivity contribution in [3.8, 4) is 0 Å². The Labute approximate surface area is 101 Å². The summed E-state index contributed by atoms with van der Waals surface area (Å²) in [7, 11) is 0. The molecule has 90 valence electrons. The average molecular weight is 232 g/mol. The smallest absolute Gasteiger partial charge is 0.129 e. The summed E-state index contributed by atoms with van der Waals surface area (Å²) in [4.78, 5) is 3.01. The van der Waals surface area contributed by atoms with Gasteiger partial charge < -0.3 is 10.3 Å². The van der Waals surface area contributed by atoms with Crippen LogP contribution in [0.15, 0.2) is 30.6 Å². The molecule has 2 aromatic rings. The molecule has 3 heteroatoms. The summed E-state index contributed by atoms with van der Waals surface area (Å²) in [5, 5.41) is 3.34. The Morgan fingerprint density at radius 3 is 2.35 bits per heavy atom. The molecule has 0 fully saturated rings. The van der Waals surface area contributed by atoms with E-state index >= 15 is 0 Å². The Bertz CT molecular complexity index is 466. The number of aromatic nitrogens is 1. The maximum absolute atomic E-state index is 13.4. The fraction of sp³-hybridized carbons (Fsp3) is 0.286. The Kier molecular flexibility index (Phi) is 3.59. The second kappa shape index (κ2) is 5.15. The van der Waals surface area contributed by atoms with Crippen LogP contribution in [0.5, 0.6) is 0 Å². The number of benzene rings is 1. The molecule has 0 saturated carbocycles. The van der Waals surface area contributed by atoms with Crippen LogP contribution in [0.25, 0.3) is 0 Å². The molecule has 2 N–H and O–H groups in total. The third-order valence-electron chi connectivity index (χ3n) is 2.82. The zero-order chi connectivity index (χ0) is 12.3. The molecular formula is C14H17FN2. The summed E-state index contributed by atoms with van der Waals surface area (Å²) in [6.45, 7) is 5.18. The maximum atomic E-state index is 13.4. The molecule has 0 atom stereocenters. The number of hydrogen-bond acceptors (Lipinski definition) is 1. The fourth-order valence-corrected chi connectivity index (χ4v) is 1.96. The van der Waals surface area contributed by atoms with Gasteiger partial charge in [-0.15, -0.1) is 0 Å². The summed E-state index contributed by atoms with van der Waals surface area (Å²) < 4.78 is 13.4. The van der Waals surface area contributed by atoms with Crippen molar-refractivity contribution in [1.29, 1.82) is 0 Å². The van der Waals surface area contributed by atoms with Crippen LogP contribution in [0, 0.1) is 19.7 Å². The van der Waals surface area contributed by atoms with Gasteiger partial charge in [-0.25, -0.2) is 4.39 Å². The van der Waals surface area contributed by atoms with E-state index in [1.165, 1.54) is 5.56 Å². The predicted octanol–water partition coefficient (Wildman–Crippen LogP) is 3.06. The van der Waals surface area contributed by atoms with Gasteiger partial charge >= 0.3 is 0 Å². The molecule has 0 bridgehead atoms. The van der Waals surface area contributed by atoms with Crippen molar-refractivity contribution >= 4 is 0 Å². The van der Waals surface area contributed by atoms with Crippen LogP contribution >= 0.6 is 0 Å². The normalized spacial score (nSPS) is 10.8. The van der Waals surface area contributed by atoms with Gasteiger partial charge in [-0.3, -0.25) is 0 Å². The second-order valence-corrected chi connectivity index (χ2v) is 4.37. The first-order chi connectivity index (χ1) is 8.16. The Morgan fingerprint density at radius 1 is 1.12 bits per heavy atom. The summed E-state index contributed by atoms with van der Waals surface area (Å²) in [6, 6.07) is 5.83. The van der Waals surface area contributed by atoms with Gasteiger partial charge in [-0.1, -0.05) is 12.1 Å². The molecule has 0 aliphatic carbocycles. The van der Waals surface area contributed by atoms with E-state index in [0.717, 1.165) is 18.7 Å². The Balaban J connectivity index is 1.95. The standard InChI is InChI=1S/C14H17FN2/c1-10-5-13(6-11(2)14(10)15)9-17-8-12-3-4-16-7-12/h3-7,16-17H,8-9H2,1-2H3. The summed E-state index contributed by atoms with van der Waals surface area (Å²) in [6.07, 6.45) is 3.87. The molecule has 0 aliphatic rings. The van der Waals surface area contributed by atoms with Gasteiger partial charge in [0.2, 0.25) is 0 Å². The van der Waals surface area contributed by atoms with Crippen LogP contribution in [0.4, 0.5) is 4.39 Å². The van der Waals surface area contributed by atoms with Gasteiger partial charge in [0, 0.05) is 25.5 Å². The summed E-state index contributed by atoms with van der Waals surface area (Å²) in [5.41, 5.74) is 3.77. The highest BCUT2D eigenvalue weighted by molar-refractivity contribution is 5.30. The van der Waals surface area contributed by atoms with Crippen molar-refractivity contribution in [2.24, 2.45) is 0 Å². The first kappa shape index (κ1) is 11.9. The minimum absolute atomic E-state index is 0.0978. The van der Waals surface area contributed by atoms with Crippen molar-refractivity contribution in [2.75, 3.05) is 0 Å². The predicted molar refractivity (Wildman–Crippen MR) is 67.2 cm³/mol. The Hall–Kier alpha value is -1.61. The molecule has 0 saturated heterocycles. The molecule has 0 radical (unpaired) electrons. The van der Waals surface area contributed by atoms with Crippen LogP contribution in [-0.2, 0) is 13.1 Å². The molecule has 0 unspecified atom stereocenters. The van der Waals surface area contributed by atoms with Crippen LogP contribution in [0.2, 0.25) is 0 Å². The summed E-state index contributed by atoms with van der Waals surface area (Å²) in [5.74, 6) is -0.0978. The fourth-order valence-electron chi connectivity index (χ4n) is 1.96. The monoisotopic (exact) mass is 232 g/mol. The second-order valence-electron chi connectivity index (χ2n) is 4.37. The zero-order valence-corrected chi connectivity index (χ0v) is 10.2. The van der Waals surface area contributed by atoms with E-state index in [9.17, 15) is 4.39 Å². The first-order valence-electron chi connectivity index (χ1n) is 5.75. The van der Waals surface area contributed by atoms with Crippen molar-refractivity contribution in [2.45, 2.75) is 26.9 Å². The van der Waals surface area contributed by atoms with Crippen LogP contribution in [0.3, 0.4) is 0 Å². The van der Waals surface area contributed by atoms with Crippen LogP contribution in [-0.4, -0.2) is 4.98 Å². The highest BCUT2D eigenvalue weighted by Crippen LogP contribution is 2.14. The number of aromatic amines is 1. The maximum Gasteiger partial charge on any atom is 0.129 e. The number of halogens is 1. The lowest BCUT2D eigenvalue weighted by atomic mass is 10.1. The molecule has 0 aliphatic heterocycles. The van der Waals surface area contributed by atoms with Gasteiger partial charge in [0.15, 0.2) is 0 Å². The highest BCUT2D eigenvalue weighted by atomic mass is 19.1. The molecule has 0 spiro atoms. The third-order valence-corrected chi connectivity index (χ3v) is 2.82. The van der Waals surface area contributed by atoms with E-state index in [2.05, 4.69) is 10.3 Å². The molecule has 1 heterocycles. The van der Waals surface area contributed by atoms with E-state index in [1.807, 2.05) is 30.6 Å². The zero-order valence-electron chi connectivity index (χ0n) is 10.2. The minimum Gasteiger partial charge on any atom is -0.367 e. The topological polar surface area (TPSA) is 27.8 Å². The van der Waals surface area contributed by atoms with Crippen LogP contribution < -0.4 is 5.32 Å². The number of hydrogen-bond donors (Lipinski definition) is 2. The van der Waals surface area contributed by atoms with Gasteiger partial charge in [0.1, 0.15) is 5.82 Å². The van der Waals surface area contributed by atoms with Gasteiger partial charge in [0.25, 0.3) is 0 Å². The lowest BCUT2D eigenvalue weighted by Gasteiger charge is -2.07. The quantitative estimate of drug-likeness (QED) is 0.833. The van der Waals surface area contributed by atoms with E-state index < -0.39 is 0 Å². The lowest BCUT2D eigenvalue weighted by Crippen LogP contribution is -2.12. The summed E-state index contributed by atoms with van der Waals surface area (Å²) >= 11 is 0. The minimum atomic E-state index is -0.0978. The molecule has 1 aromatic carbocycles. The van der Waals surface area contributed by atoms with E-state index in [1.54, 1.807) is 13.8 Å². The van der Waals surface area contributed by atoms with Gasteiger partial charge in [-0.2, -0.15) is 0 Å². The highest BCUT2D eigenvalue weighted by Gasteiger charge is 2.03. The molecule has 2 rings (SSSR count). The van der Waals surface area contributed by atoms with Crippen molar-refractivity contribution < 1.29 is 4.39 Å². The number of rotatable bonds is 4. The van der Waals surface area contributed by atoms with E-state index in [4.69, 9.17) is 0 Å². The number of aryl methyl sites for hydroxylation is 2. The third kappa shape index (κ3) is 2.94. The lowest BCUT2D eigenvalue weighted by molar-refractivity contribution is 0.606. The SMILES string of the molecule is Cc1cc(CNCc2cc[nH]c2)cc(C)c1F. The molecule has 17 heavy (non-hydrogen) atoms. The Morgan fingerprint density at radius 2 is 1.76 bits per heavy atom. The first-order valence-corrected chi connectivity index (χ1v) is 5.75. The van der Waals surface area contributed by atoms with E-state index in [-0.39, 0.29) is 5.82 Å². The number of H-pyrrole nitrogens is 1. The largest absolute Gasteiger partial charge is 0.367 e. The number of nitrogens with one attached hydrogen (secondary N) is 2. The van der Waals surface area contributed by atoms with E-state index in [0.29, 0.717) is 11.1 Å². The average Bonchev–Trinajstić information content (AvgIpc) is 2.79. The van der Waals surface area contributed by atoms with Crippen molar-refractivity contribution in [3.05, 3.63) is 58.7 Å². The molecule has 2 nitrogen and oxygen atoms in total. The molecule has 1 aromatic heterocycles. The molecule has 0 amide bonds. The van der Waals surface area contributed by atoms with Gasteiger partial charge in [0.05, 0.1) is 0 Å². The van der Waals surface area contributed by atoms with Gasteiger partial charge in [-0.05, 0) is 42.2 Å². The molecular weight excluding hydrogens is 215 g/mol. The van der Waals surface area contributed by atoms with Crippen molar-refractivity contribution in [1.82, 2.24) is 10.3 Å². The van der Waals surface area contributed by atoms with Crippen LogP contribution in [0.1, 0.15) is 22.3 Å². The van der Waals surface area contributed by atoms with Crippen molar-refractivity contribution in [3.63, 3.8) is 0 Å².